The summed E-state index contributed by atoms with van der Waals surface area (Å²) in [5.41, 5.74) is 0. The number of halogens is 1. The third-order valence-electron chi connectivity index (χ3n) is 2.48. The highest BCUT2D eigenvalue weighted by atomic mass is 79.9. The van der Waals surface area contributed by atoms with Crippen molar-refractivity contribution < 1.29 is 33.6 Å². The Hall–Kier alpha value is -0.700. The van der Waals surface area contributed by atoms with Crippen molar-refractivity contribution in [1.82, 2.24) is 0 Å². The molecule has 1 N–H and O–H groups in total. The van der Waals surface area contributed by atoms with Crippen molar-refractivity contribution in [3.8, 4) is 0 Å². The fraction of sp³-hybridized carbons (Fsp3) is 0.857. The maximum Gasteiger partial charge on any atom is 0.305 e. The molecule has 0 atom stereocenters. The number of carbonyl (C=O) groups is 2. The molecular weight excluding hydrogens is 360 g/mol. The largest absolute Gasteiger partial charge is 0.481 e. The van der Waals surface area contributed by atoms with Crippen LogP contribution in [0.15, 0.2) is 0 Å². The number of hydrogen-bond donors (Lipinski definition) is 1. The fourth-order valence-electron chi connectivity index (χ4n) is 1.43. The predicted octanol–water partition coefficient (Wildman–Crippen LogP) is 1.62. The van der Waals surface area contributed by atoms with Crippen LogP contribution in [0.4, 0.5) is 0 Å². The van der Waals surface area contributed by atoms with Crippen LogP contribution in [0.3, 0.4) is 0 Å². The predicted molar refractivity (Wildman–Crippen MR) is 83.3 cm³/mol. The van der Waals surface area contributed by atoms with Crippen LogP contribution in [-0.2, 0) is 28.5 Å². The van der Waals surface area contributed by atoms with Crippen LogP contribution < -0.4 is 0 Å². The number of alkyl halides is 1. The zero-order valence-corrected chi connectivity index (χ0v) is 14.3. The number of ether oxygens (including phenoxy) is 4. The van der Waals surface area contributed by atoms with Crippen LogP contribution >= 0.6 is 15.9 Å². The molecule has 0 rings (SSSR count). The number of hydrogen-bond acceptors (Lipinski definition) is 6. The number of aliphatic carboxylic acids is 1. The van der Waals surface area contributed by atoms with E-state index >= 15 is 0 Å². The number of rotatable bonds is 16. The summed E-state index contributed by atoms with van der Waals surface area (Å²) in [5.74, 6) is -1.17. The van der Waals surface area contributed by atoms with Crippen LogP contribution in [-0.4, -0.2) is 68.6 Å². The van der Waals surface area contributed by atoms with Gasteiger partial charge in [-0.15, -0.1) is 0 Å². The molecule has 0 spiro atoms. The Balaban J connectivity index is 3.15. The van der Waals surface area contributed by atoms with Gasteiger partial charge < -0.3 is 24.1 Å². The highest BCUT2D eigenvalue weighted by molar-refractivity contribution is 9.09. The molecule has 0 saturated carbocycles. The van der Waals surface area contributed by atoms with Crippen LogP contribution in [0.1, 0.15) is 25.7 Å². The first-order valence-electron chi connectivity index (χ1n) is 7.33. The third-order valence-corrected chi connectivity index (χ3v) is 2.80. The summed E-state index contributed by atoms with van der Waals surface area (Å²) in [7, 11) is 0. The van der Waals surface area contributed by atoms with E-state index in [2.05, 4.69) is 15.9 Å². The van der Waals surface area contributed by atoms with E-state index in [9.17, 15) is 9.59 Å². The number of carbonyl (C=O) groups excluding carboxylic acids is 1. The van der Waals surface area contributed by atoms with Crippen molar-refractivity contribution in [3.05, 3.63) is 0 Å². The maximum atomic E-state index is 11.3. The number of carboxylic acids is 1. The van der Waals surface area contributed by atoms with E-state index in [0.29, 0.717) is 52.5 Å². The lowest BCUT2D eigenvalue weighted by molar-refractivity contribution is -0.146. The SMILES string of the molecule is O=C(O)CCCCC(=O)OCCOCCOCCOCCBr. The van der Waals surface area contributed by atoms with Gasteiger partial charge in [0.15, 0.2) is 0 Å². The lowest BCUT2D eigenvalue weighted by Gasteiger charge is -2.07. The van der Waals surface area contributed by atoms with E-state index in [1.54, 1.807) is 0 Å². The molecule has 0 aliphatic rings. The van der Waals surface area contributed by atoms with Crippen molar-refractivity contribution >= 4 is 27.9 Å². The number of unbranched alkanes of at least 4 members (excludes halogenated alkanes) is 1. The van der Waals surface area contributed by atoms with Gasteiger partial charge in [0.05, 0.1) is 39.6 Å². The van der Waals surface area contributed by atoms with E-state index in [1.165, 1.54) is 0 Å². The summed E-state index contributed by atoms with van der Waals surface area (Å²) in [6, 6.07) is 0. The van der Waals surface area contributed by atoms with Crippen molar-refractivity contribution in [3.63, 3.8) is 0 Å². The second-order valence-electron chi connectivity index (χ2n) is 4.35. The summed E-state index contributed by atoms with van der Waals surface area (Å²) in [6.07, 6.45) is 1.33. The van der Waals surface area contributed by atoms with Crippen molar-refractivity contribution in [2.45, 2.75) is 25.7 Å². The average Bonchev–Trinajstić information content (AvgIpc) is 2.49. The van der Waals surface area contributed by atoms with Crippen LogP contribution in [0, 0.1) is 0 Å². The lowest BCUT2D eigenvalue weighted by Crippen LogP contribution is -2.14. The quantitative estimate of drug-likeness (QED) is 0.245. The normalized spacial score (nSPS) is 10.6. The Morgan fingerprint density at radius 2 is 1.27 bits per heavy atom. The summed E-state index contributed by atoms with van der Waals surface area (Å²) in [5, 5.41) is 9.26. The Labute approximate surface area is 139 Å². The summed E-state index contributed by atoms with van der Waals surface area (Å²) in [6.45, 7) is 3.19. The highest BCUT2D eigenvalue weighted by Crippen LogP contribution is 2.01. The van der Waals surface area contributed by atoms with Gasteiger partial charge in [-0.25, -0.2) is 0 Å². The highest BCUT2D eigenvalue weighted by Gasteiger charge is 2.04. The molecule has 0 aliphatic carbocycles. The molecule has 0 unspecified atom stereocenters. The summed E-state index contributed by atoms with van der Waals surface area (Å²) in [4.78, 5) is 21.6. The van der Waals surface area contributed by atoms with Gasteiger partial charge in [-0.2, -0.15) is 0 Å². The summed E-state index contributed by atoms with van der Waals surface area (Å²) < 4.78 is 20.7. The maximum absolute atomic E-state index is 11.3. The first-order chi connectivity index (χ1) is 10.7. The molecule has 0 aliphatic heterocycles. The third kappa shape index (κ3) is 17.4. The van der Waals surface area contributed by atoms with Crippen molar-refractivity contribution in [2.75, 3.05) is 51.6 Å². The van der Waals surface area contributed by atoms with Crippen LogP contribution in [0.5, 0.6) is 0 Å². The second kappa shape index (κ2) is 16.7. The van der Waals surface area contributed by atoms with Crippen LogP contribution in [0.2, 0.25) is 0 Å². The van der Waals surface area contributed by atoms with Gasteiger partial charge in [0, 0.05) is 18.2 Å². The minimum Gasteiger partial charge on any atom is -0.481 e. The molecule has 8 heteroatoms. The first-order valence-corrected chi connectivity index (χ1v) is 8.45. The first kappa shape index (κ1) is 21.3. The van der Waals surface area contributed by atoms with E-state index in [1.807, 2.05) is 0 Å². The minimum absolute atomic E-state index is 0.0809. The monoisotopic (exact) mass is 384 g/mol. The van der Waals surface area contributed by atoms with Crippen molar-refractivity contribution in [1.29, 1.82) is 0 Å². The molecule has 0 radical (unpaired) electrons. The molecule has 0 aromatic carbocycles. The minimum atomic E-state index is -0.848. The molecule has 0 fully saturated rings. The smallest absolute Gasteiger partial charge is 0.305 e. The van der Waals surface area contributed by atoms with Gasteiger partial charge in [-0.3, -0.25) is 9.59 Å². The number of esters is 1. The fourth-order valence-corrected chi connectivity index (χ4v) is 1.66. The van der Waals surface area contributed by atoms with Gasteiger partial charge in [-0.05, 0) is 12.8 Å². The molecule has 0 aromatic heterocycles. The van der Waals surface area contributed by atoms with Crippen LogP contribution in [0.25, 0.3) is 0 Å². The Morgan fingerprint density at radius 1 is 0.773 bits per heavy atom. The molecule has 0 aromatic rings. The molecule has 0 amide bonds. The van der Waals surface area contributed by atoms with E-state index in [-0.39, 0.29) is 25.4 Å². The molecule has 130 valence electrons. The molecule has 0 bridgehead atoms. The summed E-state index contributed by atoms with van der Waals surface area (Å²) >= 11 is 3.26. The molecule has 7 nitrogen and oxygen atoms in total. The number of carboxylic acid groups (broad SMARTS) is 1. The second-order valence-corrected chi connectivity index (χ2v) is 5.14. The Bertz CT molecular complexity index is 286. The standard InChI is InChI=1S/C14H25BrO7/c15-5-6-19-7-8-20-9-10-21-11-12-22-14(18)4-2-1-3-13(16)17/h1-12H2,(H,16,17). The van der Waals surface area contributed by atoms with E-state index in [0.717, 1.165) is 5.33 Å². The topological polar surface area (TPSA) is 91.3 Å². The van der Waals surface area contributed by atoms with E-state index < -0.39 is 5.97 Å². The van der Waals surface area contributed by atoms with Gasteiger partial charge >= 0.3 is 11.9 Å². The Morgan fingerprint density at radius 3 is 1.82 bits per heavy atom. The average molecular weight is 385 g/mol. The Kier molecular flexibility index (Phi) is 16.1. The molecular formula is C14H25BrO7. The van der Waals surface area contributed by atoms with E-state index in [4.69, 9.17) is 24.1 Å². The molecule has 22 heavy (non-hydrogen) atoms. The van der Waals surface area contributed by atoms with Gasteiger partial charge in [0.1, 0.15) is 6.61 Å². The van der Waals surface area contributed by atoms with Gasteiger partial charge in [0.25, 0.3) is 0 Å². The molecule has 0 heterocycles. The lowest BCUT2D eigenvalue weighted by atomic mass is 10.2. The molecule has 0 saturated heterocycles. The zero-order valence-electron chi connectivity index (χ0n) is 12.8. The zero-order chi connectivity index (χ0) is 16.5. The van der Waals surface area contributed by atoms with Gasteiger partial charge in [-0.1, -0.05) is 15.9 Å². The van der Waals surface area contributed by atoms with Crippen molar-refractivity contribution in [2.24, 2.45) is 0 Å². The van der Waals surface area contributed by atoms with Gasteiger partial charge in [0.2, 0.25) is 0 Å².